The van der Waals surface area contributed by atoms with Crippen LogP contribution in [0.3, 0.4) is 0 Å². The van der Waals surface area contributed by atoms with Crippen LogP contribution in [-0.2, 0) is 0 Å². The summed E-state index contributed by atoms with van der Waals surface area (Å²) in [4.78, 5) is 2.47. The van der Waals surface area contributed by atoms with Gasteiger partial charge in [-0.3, -0.25) is 4.90 Å². The van der Waals surface area contributed by atoms with Gasteiger partial charge in [-0.15, -0.1) is 0 Å². The topological polar surface area (TPSA) is 23.5 Å². The number of benzene rings is 1. The molecule has 1 aromatic rings. The molecule has 0 radical (unpaired) electrons. The first-order valence-corrected chi connectivity index (χ1v) is 8.13. The van der Waals surface area contributed by atoms with Crippen molar-refractivity contribution in [3.63, 3.8) is 0 Å². The lowest BCUT2D eigenvalue weighted by Crippen LogP contribution is -2.27. The Labute approximate surface area is 122 Å². The summed E-state index contributed by atoms with van der Waals surface area (Å²) >= 11 is 0. The van der Waals surface area contributed by atoms with Crippen LogP contribution in [0, 0.1) is 11.8 Å². The molecule has 1 heterocycles. The first-order valence-electron chi connectivity index (χ1n) is 8.13. The van der Waals surface area contributed by atoms with Gasteiger partial charge in [0.2, 0.25) is 0 Å². The zero-order chi connectivity index (χ0) is 14.1. The van der Waals surface area contributed by atoms with E-state index in [0.29, 0.717) is 5.92 Å². The van der Waals surface area contributed by atoms with E-state index in [1.807, 2.05) is 0 Å². The molecule has 2 fully saturated rings. The second-order valence-corrected chi connectivity index (χ2v) is 7.01. The van der Waals surface area contributed by atoms with Gasteiger partial charge in [0, 0.05) is 19.6 Å². The van der Waals surface area contributed by atoms with Gasteiger partial charge >= 0.3 is 0 Å². The summed E-state index contributed by atoms with van der Waals surface area (Å²) in [6.07, 6.45) is 3.89. The second-order valence-electron chi connectivity index (χ2n) is 7.01. The van der Waals surface area contributed by atoms with Gasteiger partial charge in [0.1, 0.15) is 0 Å². The Morgan fingerprint density at radius 1 is 1.05 bits per heavy atom. The zero-order valence-corrected chi connectivity index (χ0v) is 12.8. The Kier molecular flexibility index (Phi) is 4.13. The third-order valence-corrected chi connectivity index (χ3v) is 5.22. The average molecular weight is 273 g/mol. The van der Waals surface area contributed by atoms with Crippen LogP contribution in [0.15, 0.2) is 24.3 Å². The van der Waals surface area contributed by atoms with Crippen LogP contribution in [0.2, 0.25) is 0 Å². The van der Waals surface area contributed by atoms with Crippen molar-refractivity contribution in [2.75, 3.05) is 19.6 Å². The van der Waals surface area contributed by atoms with Gasteiger partial charge in [0.15, 0.2) is 0 Å². The van der Waals surface area contributed by atoms with E-state index in [9.17, 15) is 5.11 Å². The predicted molar refractivity (Wildman–Crippen MR) is 82.8 cm³/mol. The van der Waals surface area contributed by atoms with Crippen LogP contribution in [0.4, 0.5) is 0 Å². The van der Waals surface area contributed by atoms with Crippen molar-refractivity contribution in [1.29, 1.82) is 0 Å². The van der Waals surface area contributed by atoms with Crippen molar-refractivity contribution < 1.29 is 5.11 Å². The largest absolute Gasteiger partial charge is 0.387 e. The fourth-order valence-electron chi connectivity index (χ4n) is 3.93. The molecule has 3 atom stereocenters. The third kappa shape index (κ3) is 2.91. The minimum absolute atomic E-state index is 0.338. The quantitative estimate of drug-likeness (QED) is 0.906. The average Bonchev–Trinajstić information content (AvgIpc) is 2.99. The molecule has 3 rings (SSSR count). The van der Waals surface area contributed by atoms with E-state index in [4.69, 9.17) is 0 Å². The van der Waals surface area contributed by atoms with Gasteiger partial charge in [-0.1, -0.05) is 44.5 Å². The molecule has 0 bridgehead atoms. The number of hydrogen-bond donors (Lipinski definition) is 1. The van der Waals surface area contributed by atoms with E-state index in [-0.39, 0.29) is 6.10 Å². The smallest absolute Gasteiger partial charge is 0.0916 e. The third-order valence-electron chi connectivity index (χ3n) is 5.22. The van der Waals surface area contributed by atoms with Crippen LogP contribution in [-0.4, -0.2) is 29.6 Å². The van der Waals surface area contributed by atoms with E-state index in [1.54, 1.807) is 0 Å². The van der Waals surface area contributed by atoms with Crippen molar-refractivity contribution in [2.45, 2.75) is 45.1 Å². The summed E-state index contributed by atoms with van der Waals surface area (Å²) in [6, 6.07) is 8.50. The molecule has 1 saturated carbocycles. The van der Waals surface area contributed by atoms with E-state index >= 15 is 0 Å². The SMILES string of the molecule is CC(C)c1ccc(C(O)CN2CC3CCCC3C2)cc1. The lowest BCUT2D eigenvalue weighted by molar-refractivity contribution is 0.122. The van der Waals surface area contributed by atoms with Crippen LogP contribution >= 0.6 is 0 Å². The number of nitrogens with zero attached hydrogens (tertiary/aromatic N) is 1. The molecular weight excluding hydrogens is 246 g/mol. The van der Waals surface area contributed by atoms with Crippen LogP contribution in [0.5, 0.6) is 0 Å². The Balaban J connectivity index is 1.57. The van der Waals surface area contributed by atoms with Gasteiger partial charge < -0.3 is 5.11 Å². The molecule has 3 unspecified atom stereocenters. The monoisotopic (exact) mass is 273 g/mol. The van der Waals surface area contributed by atoms with Gasteiger partial charge in [0.05, 0.1) is 6.10 Å². The van der Waals surface area contributed by atoms with Gasteiger partial charge in [-0.2, -0.15) is 0 Å². The summed E-state index contributed by atoms with van der Waals surface area (Å²) in [6.45, 7) is 7.61. The molecule has 0 aromatic heterocycles. The number of aliphatic hydroxyl groups is 1. The summed E-state index contributed by atoms with van der Waals surface area (Å²) in [5.41, 5.74) is 2.41. The highest BCUT2D eigenvalue weighted by atomic mass is 16.3. The Bertz CT molecular complexity index is 427. The fourth-order valence-corrected chi connectivity index (χ4v) is 3.93. The molecular formula is C18H27NO. The van der Waals surface area contributed by atoms with Crippen molar-refractivity contribution in [2.24, 2.45) is 11.8 Å². The van der Waals surface area contributed by atoms with E-state index in [1.165, 1.54) is 37.9 Å². The highest BCUT2D eigenvalue weighted by Crippen LogP contribution is 2.38. The number of β-amino-alcohol motifs (C(OH)–C–C–N with tert-alkyl or cyclic N) is 1. The number of likely N-dealkylation sites (tertiary alicyclic amines) is 1. The Morgan fingerprint density at radius 3 is 2.15 bits per heavy atom. The number of aliphatic hydroxyl groups excluding tert-OH is 1. The zero-order valence-electron chi connectivity index (χ0n) is 12.8. The van der Waals surface area contributed by atoms with Gasteiger partial charge in [-0.25, -0.2) is 0 Å². The van der Waals surface area contributed by atoms with Gasteiger partial charge in [0.25, 0.3) is 0 Å². The highest BCUT2D eigenvalue weighted by Gasteiger charge is 2.36. The van der Waals surface area contributed by atoms with E-state index < -0.39 is 0 Å². The highest BCUT2D eigenvalue weighted by molar-refractivity contribution is 5.26. The number of fused-ring (bicyclic) bond motifs is 1. The summed E-state index contributed by atoms with van der Waals surface area (Å²) in [5.74, 6) is 2.37. The molecule has 1 N–H and O–H groups in total. The minimum atomic E-state index is -0.338. The summed E-state index contributed by atoms with van der Waals surface area (Å²) in [7, 11) is 0. The lowest BCUT2D eigenvalue weighted by atomic mass is 10.00. The maximum Gasteiger partial charge on any atom is 0.0916 e. The molecule has 0 amide bonds. The number of rotatable bonds is 4. The first-order chi connectivity index (χ1) is 9.63. The molecule has 2 heteroatoms. The lowest BCUT2D eigenvalue weighted by Gasteiger charge is -2.21. The predicted octanol–water partition coefficient (Wildman–Crippen LogP) is 3.58. The standard InChI is InChI=1S/C18H27NO/c1-13(2)14-6-8-15(9-7-14)18(20)12-19-10-16-4-3-5-17(16)11-19/h6-9,13,16-18,20H,3-5,10-12H2,1-2H3. The van der Waals surface area contributed by atoms with E-state index in [2.05, 4.69) is 43.0 Å². The molecule has 20 heavy (non-hydrogen) atoms. The summed E-state index contributed by atoms with van der Waals surface area (Å²) in [5, 5.41) is 10.4. The van der Waals surface area contributed by atoms with Crippen LogP contribution < -0.4 is 0 Å². The van der Waals surface area contributed by atoms with Crippen molar-refractivity contribution in [3.05, 3.63) is 35.4 Å². The molecule has 1 aliphatic carbocycles. The van der Waals surface area contributed by atoms with Crippen molar-refractivity contribution in [1.82, 2.24) is 4.90 Å². The van der Waals surface area contributed by atoms with Gasteiger partial charge in [-0.05, 0) is 41.7 Å². The van der Waals surface area contributed by atoms with Crippen molar-refractivity contribution >= 4 is 0 Å². The van der Waals surface area contributed by atoms with E-state index in [0.717, 1.165) is 23.9 Å². The Hall–Kier alpha value is -0.860. The second kappa shape index (κ2) is 5.87. The molecule has 2 aliphatic rings. The molecule has 1 aliphatic heterocycles. The maximum atomic E-state index is 10.4. The molecule has 1 aromatic carbocycles. The molecule has 1 saturated heterocycles. The maximum absolute atomic E-state index is 10.4. The van der Waals surface area contributed by atoms with Crippen LogP contribution in [0.1, 0.15) is 56.3 Å². The molecule has 0 spiro atoms. The first kappa shape index (κ1) is 14.1. The summed E-state index contributed by atoms with van der Waals surface area (Å²) < 4.78 is 0. The number of hydrogen-bond acceptors (Lipinski definition) is 2. The normalized spacial score (nSPS) is 28.0. The van der Waals surface area contributed by atoms with Crippen LogP contribution in [0.25, 0.3) is 0 Å². The van der Waals surface area contributed by atoms with Crippen molar-refractivity contribution in [3.8, 4) is 0 Å². The molecule has 110 valence electrons. The molecule has 2 nitrogen and oxygen atoms in total. The minimum Gasteiger partial charge on any atom is -0.387 e. The fraction of sp³-hybridized carbons (Fsp3) is 0.667. The Morgan fingerprint density at radius 2 is 1.60 bits per heavy atom.